The molecule has 0 aliphatic heterocycles. The Morgan fingerprint density at radius 1 is 1.10 bits per heavy atom. The smallest absolute Gasteiger partial charge is 0.223 e. The van der Waals surface area contributed by atoms with E-state index in [9.17, 15) is 13.2 Å². The standard InChI is InChI=1S/C14H26N2O3S/c1-20(18,19)16(13-8-3-2-4-9-13)11-10-15-14(17)12-6-5-7-12/h12-13H,2-11H2,1H3,(H,15,17). The Morgan fingerprint density at radius 2 is 1.75 bits per heavy atom. The average molecular weight is 302 g/mol. The Hall–Kier alpha value is -0.620. The summed E-state index contributed by atoms with van der Waals surface area (Å²) in [6.07, 6.45) is 9.66. The largest absolute Gasteiger partial charge is 0.355 e. The first-order chi connectivity index (χ1) is 9.48. The highest BCUT2D eigenvalue weighted by molar-refractivity contribution is 7.88. The molecule has 0 aromatic carbocycles. The van der Waals surface area contributed by atoms with Gasteiger partial charge in [-0.3, -0.25) is 4.79 Å². The van der Waals surface area contributed by atoms with Crippen molar-refractivity contribution in [1.82, 2.24) is 9.62 Å². The number of hydrogen-bond acceptors (Lipinski definition) is 3. The minimum Gasteiger partial charge on any atom is -0.355 e. The molecule has 0 heterocycles. The summed E-state index contributed by atoms with van der Waals surface area (Å²) in [7, 11) is -3.19. The number of carbonyl (C=O) groups is 1. The van der Waals surface area contributed by atoms with Crippen LogP contribution in [0.25, 0.3) is 0 Å². The van der Waals surface area contributed by atoms with Crippen LogP contribution in [-0.4, -0.2) is 44.0 Å². The summed E-state index contributed by atoms with van der Waals surface area (Å²) in [5.41, 5.74) is 0. The van der Waals surface area contributed by atoms with Crippen molar-refractivity contribution in [3.63, 3.8) is 0 Å². The first-order valence-corrected chi connectivity index (χ1v) is 9.58. The molecule has 1 amide bonds. The summed E-state index contributed by atoms with van der Waals surface area (Å²) in [5.74, 6) is 0.254. The summed E-state index contributed by atoms with van der Waals surface area (Å²) in [5, 5.41) is 2.88. The van der Waals surface area contributed by atoms with Crippen LogP contribution in [0.2, 0.25) is 0 Å². The Labute approximate surface area is 122 Å². The molecule has 0 spiro atoms. The molecule has 0 unspecified atom stereocenters. The highest BCUT2D eigenvalue weighted by atomic mass is 32.2. The van der Waals surface area contributed by atoms with Crippen molar-refractivity contribution >= 4 is 15.9 Å². The van der Waals surface area contributed by atoms with Crippen LogP contribution in [0.5, 0.6) is 0 Å². The van der Waals surface area contributed by atoms with Crippen molar-refractivity contribution in [2.75, 3.05) is 19.3 Å². The fourth-order valence-electron chi connectivity index (χ4n) is 3.09. The number of hydrogen-bond donors (Lipinski definition) is 1. The predicted octanol–water partition coefficient (Wildman–Crippen LogP) is 1.50. The number of sulfonamides is 1. The van der Waals surface area contributed by atoms with Crippen LogP contribution in [0.3, 0.4) is 0 Å². The molecule has 0 aromatic rings. The second-order valence-corrected chi connectivity index (χ2v) is 8.02. The molecule has 2 saturated carbocycles. The van der Waals surface area contributed by atoms with Gasteiger partial charge >= 0.3 is 0 Å². The lowest BCUT2D eigenvalue weighted by molar-refractivity contribution is -0.127. The zero-order valence-corrected chi connectivity index (χ0v) is 13.1. The molecule has 2 fully saturated rings. The van der Waals surface area contributed by atoms with Gasteiger partial charge < -0.3 is 5.32 Å². The molecule has 6 heteroatoms. The molecule has 0 saturated heterocycles. The van der Waals surface area contributed by atoms with E-state index in [4.69, 9.17) is 0 Å². The molecule has 0 aromatic heterocycles. The molecule has 116 valence electrons. The zero-order valence-electron chi connectivity index (χ0n) is 12.3. The van der Waals surface area contributed by atoms with Crippen molar-refractivity contribution in [2.45, 2.75) is 57.4 Å². The van der Waals surface area contributed by atoms with Crippen LogP contribution in [0, 0.1) is 5.92 Å². The number of rotatable bonds is 6. The van der Waals surface area contributed by atoms with Crippen LogP contribution in [-0.2, 0) is 14.8 Å². The third-order valence-corrected chi connectivity index (χ3v) is 5.85. The normalized spacial score (nSPS) is 21.7. The molecule has 0 radical (unpaired) electrons. The molecule has 2 aliphatic rings. The van der Waals surface area contributed by atoms with Gasteiger partial charge in [0.15, 0.2) is 0 Å². The van der Waals surface area contributed by atoms with E-state index in [0.717, 1.165) is 44.9 Å². The minimum absolute atomic E-state index is 0.0911. The summed E-state index contributed by atoms with van der Waals surface area (Å²) in [6, 6.07) is 0.124. The zero-order chi connectivity index (χ0) is 14.6. The van der Waals surface area contributed by atoms with Crippen LogP contribution in [0.4, 0.5) is 0 Å². The Bertz CT molecular complexity index is 426. The van der Waals surface area contributed by atoms with Gasteiger partial charge in [-0.1, -0.05) is 25.7 Å². The van der Waals surface area contributed by atoms with Gasteiger partial charge in [-0.15, -0.1) is 0 Å². The third-order valence-electron chi connectivity index (χ3n) is 4.52. The molecule has 5 nitrogen and oxygen atoms in total. The Morgan fingerprint density at radius 3 is 2.25 bits per heavy atom. The highest BCUT2D eigenvalue weighted by Gasteiger charge is 2.29. The van der Waals surface area contributed by atoms with Gasteiger partial charge in [-0.25, -0.2) is 8.42 Å². The molecule has 2 rings (SSSR count). The Kier molecular flexibility index (Phi) is 5.43. The third kappa shape index (κ3) is 4.19. The fourth-order valence-corrected chi connectivity index (χ4v) is 4.27. The predicted molar refractivity (Wildman–Crippen MR) is 78.8 cm³/mol. The van der Waals surface area contributed by atoms with Gasteiger partial charge in [0.1, 0.15) is 0 Å². The van der Waals surface area contributed by atoms with E-state index < -0.39 is 10.0 Å². The van der Waals surface area contributed by atoms with Crippen LogP contribution in [0.15, 0.2) is 0 Å². The molecule has 0 bridgehead atoms. The van der Waals surface area contributed by atoms with E-state index in [1.807, 2.05) is 0 Å². The van der Waals surface area contributed by atoms with Crippen molar-refractivity contribution in [1.29, 1.82) is 0 Å². The maximum absolute atomic E-state index is 11.9. The summed E-state index contributed by atoms with van der Waals surface area (Å²) in [4.78, 5) is 11.8. The van der Waals surface area contributed by atoms with Gasteiger partial charge in [0.2, 0.25) is 15.9 Å². The van der Waals surface area contributed by atoms with Gasteiger partial charge in [0.05, 0.1) is 6.26 Å². The van der Waals surface area contributed by atoms with Gasteiger partial charge in [-0.05, 0) is 25.7 Å². The highest BCUT2D eigenvalue weighted by Crippen LogP contribution is 2.26. The van der Waals surface area contributed by atoms with E-state index in [1.54, 1.807) is 4.31 Å². The summed E-state index contributed by atoms with van der Waals surface area (Å²) < 4.78 is 25.4. The number of nitrogens with one attached hydrogen (secondary N) is 1. The van der Waals surface area contributed by atoms with E-state index >= 15 is 0 Å². The lowest BCUT2D eigenvalue weighted by atomic mass is 9.85. The Balaban J connectivity index is 1.82. The lowest BCUT2D eigenvalue weighted by Gasteiger charge is -2.32. The number of nitrogens with zero attached hydrogens (tertiary/aromatic N) is 1. The number of amides is 1. The molecular weight excluding hydrogens is 276 g/mol. The van der Waals surface area contributed by atoms with Crippen LogP contribution in [0.1, 0.15) is 51.4 Å². The van der Waals surface area contributed by atoms with Crippen molar-refractivity contribution in [3.05, 3.63) is 0 Å². The maximum atomic E-state index is 11.9. The summed E-state index contributed by atoms with van der Waals surface area (Å²) in [6.45, 7) is 0.834. The molecule has 0 atom stereocenters. The summed E-state index contributed by atoms with van der Waals surface area (Å²) >= 11 is 0. The van der Waals surface area contributed by atoms with Crippen molar-refractivity contribution < 1.29 is 13.2 Å². The molecule has 2 aliphatic carbocycles. The van der Waals surface area contributed by atoms with E-state index in [2.05, 4.69) is 5.32 Å². The van der Waals surface area contributed by atoms with Crippen LogP contribution >= 0.6 is 0 Å². The van der Waals surface area contributed by atoms with Crippen LogP contribution < -0.4 is 5.32 Å². The second-order valence-electron chi connectivity index (χ2n) is 6.08. The van der Waals surface area contributed by atoms with Gasteiger partial charge in [0.25, 0.3) is 0 Å². The fraction of sp³-hybridized carbons (Fsp3) is 0.929. The van der Waals surface area contributed by atoms with Gasteiger partial charge in [0, 0.05) is 25.0 Å². The van der Waals surface area contributed by atoms with Crippen molar-refractivity contribution in [3.8, 4) is 0 Å². The molecule has 1 N–H and O–H groups in total. The van der Waals surface area contributed by atoms with E-state index in [-0.39, 0.29) is 17.9 Å². The first kappa shape index (κ1) is 15.8. The van der Waals surface area contributed by atoms with Gasteiger partial charge in [-0.2, -0.15) is 4.31 Å². The minimum atomic E-state index is -3.19. The number of carbonyl (C=O) groups excluding carboxylic acids is 1. The molecular formula is C14H26N2O3S. The monoisotopic (exact) mass is 302 g/mol. The van der Waals surface area contributed by atoms with Crippen molar-refractivity contribution in [2.24, 2.45) is 5.92 Å². The topological polar surface area (TPSA) is 66.5 Å². The maximum Gasteiger partial charge on any atom is 0.223 e. The van der Waals surface area contributed by atoms with E-state index in [0.29, 0.717) is 13.1 Å². The quantitative estimate of drug-likeness (QED) is 0.808. The SMILES string of the molecule is CS(=O)(=O)N(CCNC(=O)C1CCC1)C1CCCCC1. The molecule has 20 heavy (non-hydrogen) atoms. The van der Waals surface area contributed by atoms with E-state index in [1.165, 1.54) is 12.7 Å². The first-order valence-electron chi connectivity index (χ1n) is 7.73. The average Bonchev–Trinajstić information content (AvgIpc) is 2.32. The second kappa shape index (κ2) is 6.89. The lowest BCUT2D eigenvalue weighted by Crippen LogP contribution is -2.46.